The van der Waals surface area contributed by atoms with E-state index in [0.717, 1.165) is 11.0 Å². The minimum atomic E-state index is -1.25. The van der Waals surface area contributed by atoms with E-state index < -0.39 is 11.8 Å². The van der Waals surface area contributed by atoms with E-state index in [2.05, 4.69) is 0 Å². The number of para-hydroxylation sites is 1. The van der Waals surface area contributed by atoms with Crippen LogP contribution in [0.1, 0.15) is 30.6 Å². The number of benzene rings is 1. The molecule has 4 nitrogen and oxygen atoms in total. The molecule has 17 heavy (non-hydrogen) atoms. The number of aromatic carboxylic acids is 1. The maximum Gasteiger partial charge on any atom is 0.337 e. The number of halogens is 1. The summed E-state index contributed by atoms with van der Waals surface area (Å²) in [4.78, 5) is 23.8. The van der Waals surface area contributed by atoms with Gasteiger partial charge in [0.1, 0.15) is 5.82 Å². The van der Waals surface area contributed by atoms with Crippen LogP contribution in [0.4, 0.5) is 10.1 Å². The highest BCUT2D eigenvalue weighted by molar-refractivity contribution is 6.01. The first-order chi connectivity index (χ1) is 8.02. The van der Waals surface area contributed by atoms with Crippen LogP contribution in [0.2, 0.25) is 0 Å². The largest absolute Gasteiger partial charge is 0.478 e. The number of hydrogen-bond donors (Lipinski definition) is 1. The molecule has 1 rings (SSSR count). The molecule has 1 amide bonds. The Kier molecular flexibility index (Phi) is 4.20. The summed E-state index contributed by atoms with van der Waals surface area (Å²) < 4.78 is 13.7. The van der Waals surface area contributed by atoms with Crippen molar-refractivity contribution in [1.82, 2.24) is 0 Å². The van der Waals surface area contributed by atoms with Crippen molar-refractivity contribution in [3.05, 3.63) is 29.6 Å². The van der Waals surface area contributed by atoms with Crippen molar-refractivity contribution in [2.75, 3.05) is 11.4 Å². The van der Waals surface area contributed by atoms with Crippen molar-refractivity contribution >= 4 is 17.6 Å². The predicted octanol–water partition coefficient (Wildman–Crippen LogP) is 2.29. The first-order valence-electron chi connectivity index (χ1n) is 5.35. The number of nitrogens with zero attached hydrogens (tertiary/aromatic N) is 1. The quantitative estimate of drug-likeness (QED) is 0.876. The molecule has 0 atom stereocenters. The third-order valence-electron chi connectivity index (χ3n) is 2.41. The summed E-state index contributed by atoms with van der Waals surface area (Å²) in [5, 5.41) is 8.98. The summed E-state index contributed by atoms with van der Waals surface area (Å²) in [7, 11) is 0. The van der Waals surface area contributed by atoms with E-state index in [9.17, 15) is 14.0 Å². The van der Waals surface area contributed by atoms with Crippen LogP contribution >= 0.6 is 0 Å². The Morgan fingerprint density at radius 1 is 1.35 bits per heavy atom. The number of anilines is 1. The first-order valence-corrected chi connectivity index (χ1v) is 5.35. The Morgan fingerprint density at radius 3 is 2.47 bits per heavy atom. The van der Waals surface area contributed by atoms with Gasteiger partial charge in [0.25, 0.3) is 0 Å². The lowest BCUT2D eigenvalue weighted by atomic mass is 10.1. The second-order valence-corrected chi connectivity index (χ2v) is 3.43. The van der Waals surface area contributed by atoms with Crippen molar-refractivity contribution in [3.63, 3.8) is 0 Å². The summed E-state index contributed by atoms with van der Waals surface area (Å²) in [6.45, 7) is 3.55. The molecule has 0 unspecified atom stereocenters. The summed E-state index contributed by atoms with van der Waals surface area (Å²) in [5.41, 5.74) is -0.358. The smallest absolute Gasteiger partial charge is 0.337 e. The topological polar surface area (TPSA) is 57.6 Å². The summed E-state index contributed by atoms with van der Waals surface area (Å²) >= 11 is 0. The van der Waals surface area contributed by atoms with Crippen molar-refractivity contribution in [2.24, 2.45) is 0 Å². The monoisotopic (exact) mass is 239 g/mol. The molecule has 0 heterocycles. The van der Waals surface area contributed by atoms with Crippen molar-refractivity contribution in [1.29, 1.82) is 0 Å². The minimum absolute atomic E-state index is 0.158. The van der Waals surface area contributed by atoms with Crippen LogP contribution in [-0.4, -0.2) is 23.5 Å². The number of carboxylic acids is 1. The summed E-state index contributed by atoms with van der Waals surface area (Å²) in [5.74, 6) is -2.25. The molecule has 5 heteroatoms. The molecule has 0 aliphatic carbocycles. The Balaban J connectivity index is 3.36. The highest BCUT2D eigenvalue weighted by atomic mass is 19.1. The van der Waals surface area contributed by atoms with E-state index in [0.29, 0.717) is 0 Å². The van der Waals surface area contributed by atoms with E-state index in [1.165, 1.54) is 12.1 Å². The van der Waals surface area contributed by atoms with Gasteiger partial charge in [-0.05, 0) is 19.1 Å². The van der Waals surface area contributed by atoms with Gasteiger partial charge in [-0.3, -0.25) is 4.79 Å². The summed E-state index contributed by atoms with van der Waals surface area (Å²) in [6.07, 6.45) is 0.196. The number of amides is 1. The fourth-order valence-corrected chi connectivity index (χ4v) is 1.61. The van der Waals surface area contributed by atoms with Crippen LogP contribution in [0, 0.1) is 5.82 Å². The molecule has 0 radical (unpaired) electrons. The molecule has 1 aromatic rings. The molecule has 92 valence electrons. The molecular weight excluding hydrogens is 225 g/mol. The lowest BCUT2D eigenvalue weighted by Gasteiger charge is -2.22. The molecule has 0 bridgehead atoms. The van der Waals surface area contributed by atoms with Crippen LogP contribution in [0.15, 0.2) is 18.2 Å². The van der Waals surface area contributed by atoms with Gasteiger partial charge < -0.3 is 10.0 Å². The van der Waals surface area contributed by atoms with Gasteiger partial charge in [-0.15, -0.1) is 0 Å². The van der Waals surface area contributed by atoms with Gasteiger partial charge >= 0.3 is 5.97 Å². The molecule has 0 saturated heterocycles. The van der Waals surface area contributed by atoms with Gasteiger partial charge in [0.15, 0.2) is 0 Å². The van der Waals surface area contributed by atoms with E-state index in [1.54, 1.807) is 13.8 Å². The zero-order chi connectivity index (χ0) is 13.0. The fourth-order valence-electron chi connectivity index (χ4n) is 1.61. The highest BCUT2D eigenvalue weighted by Crippen LogP contribution is 2.25. The van der Waals surface area contributed by atoms with Gasteiger partial charge in [-0.1, -0.05) is 13.0 Å². The zero-order valence-corrected chi connectivity index (χ0v) is 9.74. The predicted molar refractivity (Wildman–Crippen MR) is 61.7 cm³/mol. The molecular formula is C12H14FNO3. The normalized spacial score (nSPS) is 10.1. The number of carbonyl (C=O) groups is 2. The number of carbonyl (C=O) groups excluding carboxylic acids is 1. The fraction of sp³-hybridized carbons (Fsp3) is 0.333. The van der Waals surface area contributed by atoms with Crippen molar-refractivity contribution in [2.45, 2.75) is 20.3 Å². The maximum absolute atomic E-state index is 13.7. The average Bonchev–Trinajstić information content (AvgIpc) is 2.31. The second-order valence-electron chi connectivity index (χ2n) is 3.43. The lowest BCUT2D eigenvalue weighted by molar-refractivity contribution is -0.118. The average molecular weight is 239 g/mol. The maximum atomic E-state index is 13.7. The van der Waals surface area contributed by atoms with Crippen molar-refractivity contribution < 1.29 is 19.1 Å². The number of rotatable bonds is 4. The Morgan fingerprint density at radius 2 is 2.00 bits per heavy atom. The number of carboxylic acid groups (broad SMARTS) is 1. The van der Waals surface area contributed by atoms with Crippen molar-refractivity contribution in [3.8, 4) is 0 Å². The zero-order valence-electron chi connectivity index (χ0n) is 9.74. The molecule has 1 N–H and O–H groups in total. The third kappa shape index (κ3) is 2.61. The summed E-state index contributed by atoms with van der Waals surface area (Å²) in [6, 6.07) is 3.74. The first kappa shape index (κ1) is 13.2. The Hall–Kier alpha value is -1.91. The van der Waals surface area contributed by atoms with Gasteiger partial charge in [-0.25, -0.2) is 9.18 Å². The van der Waals surface area contributed by atoms with Gasteiger partial charge in [0, 0.05) is 13.0 Å². The van der Waals surface area contributed by atoms with Gasteiger partial charge in [0.2, 0.25) is 5.91 Å². The molecule has 0 spiro atoms. The molecule has 0 aromatic heterocycles. The Bertz CT molecular complexity index is 445. The molecule has 0 aliphatic heterocycles. The Labute approximate surface area is 98.7 Å². The van der Waals surface area contributed by atoms with Crippen LogP contribution in [0.3, 0.4) is 0 Å². The molecule has 1 aromatic carbocycles. The second kappa shape index (κ2) is 5.43. The highest BCUT2D eigenvalue weighted by Gasteiger charge is 2.22. The molecule has 0 saturated carbocycles. The van der Waals surface area contributed by atoms with Gasteiger partial charge in [-0.2, -0.15) is 0 Å². The van der Waals surface area contributed by atoms with Gasteiger partial charge in [0.05, 0.1) is 11.3 Å². The third-order valence-corrected chi connectivity index (χ3v) is 2.41. The SMILES string of the molecule is CCC(=O)N(CC)c1c(F)cccc1C(=O)O. The minimum Gasteiger partial charge on any atom is -0.478 e. The van der Waals surface area contributed by atoms with E-state index in [1.807, 2.05) is 0 Å². The van der Waals surface area contributed by atoms with E-state index >= 15 is 0 Å². The molecule has 0 aliphatic rings. The van der Waals surface area contributed by atoms with E-state index in [-0.39, 0.29) is 30.1 Å². The standard InChI is InChI=1S/C12H14FNO3/c1-3-10(15)14(4-2)11-8(12(16)17)6-5-7-9(11)13/h5-7H,3-4H2,1-2H3,(H,16,17). The van der Waals surface area contributed by atoms with Crippen LogP contribution < -0.4 is 4.90 Å². The molecule has 0 fully saturated rings. The van der Waals surface area contributed by atoms with E-state index in [4.69, 9.17) is 5.11 Å². The van der Waals surface area contributed by atoms with Crippen LogP contribution in [0.25, 0.3) is 0 Å². The van der Waals surface area contributed by atoms with Crippen LogP contribution in [-0.2, 0) is 4.79 Å². The van der Waals surface area contributed by atoms with Crippen LogP contribution in [0.5, 0.6) is 0 Å². The number of hydrogen-bond acceptors (Lipinski definition) is 2. The lowest BCUT2D eigenvalue weighted by Crippen LogP contribution is -2.32.